The van der Waals surface area contributed by atoms with Crippen molar-refractivity contribution >= 4 is 23.8 Å². The number of ether oxygens (including phenoxy) is 1. The zero-order chi connectivity index (χ0) is 13.9. The molecule has 8 nitrogen and oxygen atoms in total. The van der Waals surface area contributed by atoms with E-state index in [9.17, 15) is 19.2 Å². The number of aliphatic hydroxyl groups excluding tert-OH is 1. The van der Waals surface area contributed by atoms with Crippen molar-refractivity contribution in [2.75, 3.05) is 7.11 Å². The summed E-state index contributed by atoms with van der Waals surface area (Å²) in [4.78, 5) is 49.4. The average Bonchev–Trinajstić information content (AvgIpc) is 2.55. The Hall–Kier alpha value is -1.96. The maximum atomic E-state index is 11.5. The molecule has 1 heterocycles. The summed E-state index contributed by atoms with van der Waals surface area (Å²) in [7, 11) is 1.17. The smallest absolute Gasteiger partial charge is 0.336 e. The first-order valence-corrected chi connectivity index (χ1v) is 5.20. The summed E-state index contributed by atoms with van der Waals surface area (Å²) in [6.45, 7) is 1.39. The van der Waals surface area contributed by atoms with E-state index < -0.39 is 42.2 Å². The molecule has 2 unspecified atom stereocenters. The van der Waals surface area contributed by atoms with Gasteiger partial charge < -0.3 is 14.7 Å². The third-order valence-electron chi connectivity index (χ3n) is 2.36. The van der Waals surface area contributed by atoms with Gasteiger partial charge in [0.1, 0.15) is 6.10 Å². The van der Waals surface area contributed by atoms with Gasteiger partial charge in [0.25, 0.3) is 11.8 Å². The van der Waals surface area contributed by atoms with E-state index in [0.717, 1.165) is 0 Å². The number of carbonyl (C=O) groups is 4. The fourth-order valence-electron chi connectivity index (χ4n) is 1.29. The highest BCUT2D eigenvalue weighted by molar-refractivity contribution is 6.04. The van der Waals surface area contributed by atoms with Crippen LogP contribution in [0.25, 0.3) is 0 Å². The number of hydrogen-bond donors (Lipinski definition) is 1. The second kappa shape index (κ2) is 5.58. The molecule has 0 aromatic rings. The zero-order valence-corrected chi connectivity index (χ0v) is 9.91. The molecule has 1 saturated heterocycles. The van der Waals surface area contributed by atoms with Crippen LogP contribution in [0.15, 0.2) is 0 Å². The van der Waals surface area contributed by atoms with Gasteiger partial charge in [-0.1, -0.05) is 12.0 Å². The molecule has 1 rings (SSSR count). The van der Waals surface area contributed by atoms with E-state index in [1.807, 2.05) is 0 Å². The predicted octanol–water partition coefficient (Wildman–Crippen LogP) is -1.24. The van der Waals surface area contributed by atoms with Gasteiger partial charge in [0, 0.05) is 0 Å². The third kappa shape index (κ3) is 3.04. The fourth-order valence-corrected chi connectivity index (χ4v) is 1.29. The standard InChI is InChI=1S/C10H13NO7/c1-5(3-8(14)17-2)10(16)18-11-7(13)4-6(12)9(11)15/h5-6,12H,3-4H2,1-2H3. The Bertz CT molecular complexity index is 392. The van der Waals surface area contributed by atoms with Gasteiger partial charge in [-0.15, -0.1) is 0 Å². The number of methoxy groups -OCH3 is 1. The van der Waals surface area contributed by atoms with E-state index in [1.165, 1.54) is 14.0 Å². The average molecular weight is 259 g/mol. The number of amides is 2. The molecule has 0 saturated carbocycles. The Morgan fingerprint density at radius 1 is 1.50 bits per heavy atom. The molecule has 0 radical (unpaired) electrons. The number of esters is 1. The first-order valence-electron chi connectivity index (χ1n) is 5.20. The Morgan fingerprint density at radius 3 is 2.56 bits per heavy atom. The lowest BCUT2D eigenvalue weighted by Crippen LogP contribution is -2.36. The van der Waals surface area contributed by atoms with Crippen LogP contribution in [0.4, 0.5) is 0 Å². The number of rotatable bonds is 4. The minimum atomic E-state index is -1.48. The number of nitrogens with zero attached hydrogens (tertiary/aromatic N) is 1. The molecular formula is C10H13NO7. The molecule has 2 amide bonds. The Labute approximate surface area is 102 Å². The summed E-state index contributed by atoms with van der Waals surface area (Å²) in [5.74, 6) is -4.18. The molecule has 100 valence electrons. The van der Waals surface area contributed by atoms with Gasteiger partial charge in [-0.3, -0.25) is 14.4 Å². The van der Waals surface area contributed by atoms with Crippen molar-refractivity contribution in [2.45, 2.75) is 25.9 Å². The quantitative estimate of drug-likeness (QED) is 0.496. The van der Waals surface area contributed by atoms with Crippen LogP contribution in [0.3, 0.4) is 0 Å². The summed E-state index contributed by atoms with van der Waals surface area (Å²) in [6.07, 6.45) is -2.13. The molecular weight excluding hydrogens is 246 g/mol. The monoisotopic (exact) mass is 259 g/mol. The molecule has 1 aliphatic rings. The number of carbonyl (C=O) groups excluding carboxylic acids is 4. The Kier molecular flexibility index (Phi) is 4.38. The van der Waals surface area contributed by atoms with Gasteiger partial charge in [0.05, 0.1) is 25.9 Å². The number of hydroxylamine groups is 2. The topological polar surface area (TPSA) is 110 Å². The van der Waals surface area contributed by atoms with E-state index >= 15 is 0 Å². The first-order chi connectivity index (χ1) is 8.36. The maximum absolute atomic E-state index is 11.5. The molecule has 18 heavy (non-hydrogen) atoms. The molecule has 0 spiro atoms. The highest BCUT2D eigenvalue weighted by Gasteiger charge is 2.41. The predicted molar refractivity (Wildman–Crippen MR) is 54.4 cm³/mol. The van der Waals surface area contributed by atoms with Crippen LogP contribution < -0.4 is 0 Å². The normalized spacial score (nSPS) is 20.8. The second-order valence-electron chi connectivity index (χ2n) is 3.84. The summed E-state index contributed by atoms with van der Waals surface area (Å²) in [5, 5.41) is 9.32. The van der Waals surface area contributed by atoms with Crippen LogP contribution in [-0.4, -0.2) is 47.1 Å². The minimum absolute atomic E-state index is 0.223. The van der Waals surface area contributed by atoms with Gasteiger partial charge >= 0.3 is 11.9 Å². The largest absolute Gasteiger partial charge is 0.469 e. The third-order valence-corrected chi connectivity index (χ3v) is 2.36. The van der Waals surface area contributed by atoms with E-state index in [2.05, 4.69) is 9.57 Å². The molecule has 0 aromatic heterocycles. The van der Waals surface area contributed by atoms with Crippen LogP contribution in [-0.2, 0) is 28.8 Å². The molecule has 1 N–H and O–H groups in total. The van der Waals surface area contributed by atoms with Crippen LogP contribution in [0.5, 0.6) is 0 Å². The van der Waals surface area contributed by atoms with Crippen LogP contribution >= 0.6 is 0 Å². The molecule has 0 aromatic carbocycles. The van der Waals surface area contributed by atoms with Gasteiger partial charge in [0.2, 0.25) is 0 Å². The van der Waals surface area contributed by atoms with Gasteiger partial charge in [-0.25, -0.2) is 4.79 Å². The van der Waals surface area contributed by atoms with Crippen molar-refractivity contribution in [1.82, 2.24) is 5.06 Å². The summed E-state index contributed by atoms with van der Waals surface area (Å²) in [5.41, 5.74) is 0. The zero-order valence-electron chi connectivity index (χ0n) is 9.91. The SMILES string of the molecule is COC(=O)CC(C)C(=O)ON1C(=O)CC(O)C1=O. The fraction of sp³-hybridized carbons (Fsp3) is 0.600. The molecule has 0 aliphatic carbocycles. The molecule has 0 bridgehead atoms. The molecule has 1 fully saturated rings. The summed E-state index contributed by atoms with van der Waals surface area (Å²) >= 11 is 0. The highest BCUT2D eigenvalue weighted by Crippen LogP contribution is 2.15. The Morgan fingerprint density at radius 2 is 2.11 bits per heavy atom. The van der Waals surface area contributed by atoms with E-state index in [1.54, 1.807) is 0 Å². The highest BCUT2D eigenvalue weighted by atomic mass is 16.7. The van der Waals surface area contributed by atoms with Crippen LogP contribution in [0.2, 0.25) is 0 Å². The van der Waals surface area contributed by atoms with Crippen molar-refractivity contribution in [2.24, 2.45) is 5.92 Å². The summed E-state index contributed by atoms with van der Waals surface area (Å²) in [6, 6.07) is 0. The molecule has 8 heteroatoms. The summed E-state index contributed by atoms with van der Waals surface area (Å²) < 4.78 is 4.37. The van der Waals surface area contributed by atoms with Gasteiger partial charge in [-0.2, -0.15) is 0 Å². The van der Waals surface area contributed by atoms with Gasteiger partial charge in [0.15, 0.2) is 0 Å². The second-order valence-corrected chi connectivity index (χ2v) is 3.84. The lowest BCUT2D eigenvalue weighted by atomic mass is 10.1. The number of aliphatic hydroxyl groups is 1. The number of hydrogen-bond acceptors (Lipinski definition) is 7. The molecule has 1 aliphatic heterocycles. The van der Waals surface area contributed by atoms with Crippen LogP contribution in [0, 0.1) is 5.92 Å². The van der Waals surface area contributed by atoms with Crippen molar-refractivity contribution in [3.05, 3.63) is 0 Å². The van der Waals surface area contributed by atoms with E-state index in [-0.39, 0.29) is 11.5 Å². The van der Waals surface area contributed by atoms with E-state index in [0.29, 0.717) is 0 Å². The van der Waals surface area contributed by atoms with Crippen molar-refractivity contribution in [3.63, 3.8) is 0 Å². The van der Waals surface area contributed by atoms with Crippen molar-refractivity contribution in [1.29, 1.82) is 0 Å². The minimum Gasteiger partial charge on any atom is -0.469 e. The number of imide groups is 1. The lowest BCUT2D eigenvalue weighted by molar-refractivity contribution is -0.201. The molecule has 2 atom stereocenters. The first kappa shape index (κ1) is 14.1. The van der Waals surface area contributed by atoms with E-state index in [4.69, 9.17) is 5.11 Å². The maximum Gasteiger partial charge on any atom is 0.336 e. The van der Waals surface area contributed by atoms with Crippen LogP contribution in [0.1, 0.15) is 19.8 Å². The van der Waals surface area contributed by atoms with Crippen molar-refractivity contribution in [3.8, 4) is 0 Å². The lowest BCUT2D eigenvalue weighted by Gasteiger charge is -2.15. The van der Waals surface area contributed by atoms with Crippen molar-refractivity contribution < 1.29 is 33.9 Å². The van der Waals surface area contributed by atoms with Gasteiger partial charge in [-0.05, 0) is 0 Å². The Balaban J connectivity index is 2.57.